The van der Waals surface area contributed by atoms with Crippen molar-refractivity contribution in [2.45, 2.75) is 12.3 Å². The van der Waals surface area contributed by atoms with E-state index in [-0.39, 0.29) is 57.8 Å². The number of carboxylic acids is 1. The number of carbonyl (C=O) groups excluding carboxylic acids is 1. The van der Waals surface area contributed by atoms with Gasteiger partial charge in [-0.1, -0.05) is 12.1 Å². The molecule has 0 aliphatic carbocycles. The molecule has 0 bridgehead atoms. The average Bonchev–Trinajstić information content (AvgIpc) is 2.26. The van der Waals surface area contributed by atoms with Gasteiger partial charge in [-0.15, -0.1) is 0 Å². The Morgan fingerprint density at radius 2 is 2.06 bits per heavy atom. The van der Waals surface area contributed by atoms with Gasteiger partial charge in [-0.3, -0.25) is 0 Å². The molecular formula is C11H10KNO3. The first-order chi connectivity index (χ1) is 7.17. The number of aliphatic carboxylic acids is 1. The third kappa shape index (κ3) is 4.64. The molecule has 1 atom stereocenters. The number of nitriles is 1. The summed E-state index contributed by atoms with van der Waals surface area (Å²) in [6, 6.07) is 8.66. The first-order valence-corrected chi connectivity index (χ1v) is 4.40. The van der Waals surface area contributed by atoms with Gasteiger partial charge in [0.1, 0.15) is 5.75 Å². The Balaban J connectivity index is 0.00000225. The maximum atomic E-state index is 10.4. The normalized spacial score (nSPS) is 10.8. The molecule has 0 aliphatic heterocycles. The van der Waals surface area contributed by atoms with Gasteiger partial charge < -0.3 is 14.6 Å². The molecule has 0 heterocycles. The van der Waals surface area contributed by atoms with Crippen molar-refractivity contribution in [2.75, 3.05) is 7.11 Å². The van der Waals surface area contributed by atoms with Crippen LogP contribution in [0.2, 0.25) is 0 Å². The van der Waals surface area contributed by atoms with E-state index in [4.69, 9.17) is 10.00 Å². The number of carboxylic acid groups (broad SMARTS) is 1. The van der Waals surface area contributed by atoms with E-state index >= 15 is 0 Å². The Bertz CT molecular complexity index is 383. The summed E-state index contributed by atoms with van der Waals surface area (Å²) in [5, 5.41) is 19.2. The molecule has 0 saturated heterocycles. The number of hydrogen-bond donors (Lipinski definition) is 0. The zero-order valence-corrected chi connectivity index (χ0v) is 12.4. The van der Waals surface area contributed by atoms with Crippen LogP contribution < -0.4 is 61.2 Å². The van der Waals surface area contributed by atoms with E-state index in [1.54, 1.807) is 24.3 Å². The van der Waals surface area contributed by atoms with Gasteiger partial charge in [0.15, 0.2) is 0 Å². The van der Waals surface area contributed by atoms with Gasteiger partial charge in [0, 0.05) is 12.4 Å². The predicted octanol–water partition coefficient (Wildman–Crippen LogP) is -2.55. The summed E-state index contributed by atoms with van der Waals surface area (Å²) in [4.78, 5) is 10.4. The summed E-state index contributed by atoms with van der Waals surface area (Å²) in [7, 11) is 1.54. The monoisotopic (exact) mass is 243 g/mol. The Labute approximate surface area is 137 Å². The van der Waals surface area contributed by atoms with Crippen molar-refractivity contribution >= 4 is 5.97 Å². The number of methoxy groups -OCH3 is 1. The number of hydrogen-bond acceptors (Lipinski definition) is 4. The van der Waals surface area contributed by atoms with Crippen LogP contribution >= 0.6 is 0 Å². The molecule has 1 aromatic carbocycles. The Kier molecular flexibility index (Phi) is 7.63. The molecule has 0 amide bonds. The SMILES string of the molecule is COc1ccc([C@@H](C#N)CC(=O)[O-])cc1.[K+]. The van der Waals surface area contributed by atoms with Gasteiger partial charge in [-0.2, -0.15) is 5.26 Å². The van der Waals surface area contributed by atoms with Gasteiger partial charge >= 0.3 is 51.4 Å². The molecule has 0 N–H and O–H groups in total. The largest absolute Gasteiger partial charge is 1.00 e. The molecule has 4 nitrogen and oxygen atoms in total. The van der Waals surface area contributed by atoms with Gasteiger partial charge in [-0.25, -0.2) is 0 Å². The van der Waals surface area contributed by atoms with Crippen LogP contribution in [-0.2, 0) is 4.79 Å². The van der Waals surface area contributed by atoms with Crippen LogP contribution in [0.4, 0.5) is 0 Å². The van der Waals surface area contributed by atoms with Crippen LogP contribution in [-0.4, -0.2) is 13.1 Å². The van der Waals surface area contributed by atoms with E-state index in [0.717, 1.165) is 0 Å². The van der Waals surface area contributed by atoms with Crippen molar-refractivity contribution < 1.29 is 66.0 Å². The molecule has 16 heavy (non-hydrogen) atoms. The topological polar surface area (TPSA) is 73.1 Å². The van der Waals surface area contributed by atoms with Gasteiger partial charge in [0.2, 0.25) is 0 Å². The van der Waals surface area contributed by atoms with E-state index in [1.165, 1.54) is 7.11 Å². The minimum atomic E-state index is -1.22. The molecule has 0 saturated carbocycles. The Morgan fingerprint density at radius 3 is 2.44 bits per heavy atom. The van der Waals surface area contributed by atoms with Crippen molar-refractivity contribution in [3.05, 3.63) is 29.8 Å². The smallest absolute Gasteiger partial charge is 0.550 e. The van der Waals surface area contributed by atoms with Crippen LogP contribution in [0.5, 0.6) is 5.75 Å². The molecule has 0 fully saturated rings. The second-order valence-corrected chi connectivity index (χ2v) is 3.03. The van der Waals surface area contributed by atoms with E-state index in [9.17, 15) is 9.90 Å². The Morgan fingerprint density at radius 1 is 1.50 bits per heavy atom. The zero-order chi connectivity index (χ0) is 11.3. The maximum Gasteiger partial charge on any atom is 1.00 e. The zero-order valence-electron chi connectivity index (χ0n) is 9.27. The van der Waals surface area contributed by atoms with Gasteiger partial charge in [0.25, 0.3) is 0 Å². The van der Waals surface area contributed by atoms with Crippen molar-refractivity contribution in [3.63, 3.8) is 0 Å². The van der Waals surface area contributed by atoms with Crippen LogP contribution in [0.3, 0.4) is 0 Å². The molecule has 1 rings (SSSR count). The van der Waals surface area contributed by atoms with Crippen LogP contribution in [0.25, 0.3) is 0 Å². The number of rotatable bonds is 4. The van der Waals surface area contributed by atoms with Crippen molar-refractivity contribution in [3.8, 4) is 11.8 Å². The summed E-state index contributed by atoms with van der Waals surface area (Å²) in [5.74, 6) is -1.22. The van der Waals surface area contributed by atoms with E-state index in [2.05, 4.69) is 0 Å². The molecule has 0 unspecified atom stereocenters. The molecule has 1 aromatic rings. The summed E-state index contributed by atoms with van der Waals surface area (Å²) in [6.45, 7) is 0. The van der Waals surface area contributed by atoms with Crippen molar-refractivity contribution in [1.29, 1.82) is 5.26 Å². The molecule has 78 valence electrons. The fraction of sp³-hybridized carbons (Fsp3) is 0.273. The van der Waals surface area contributed by atoms with E-state index in [1.807, 2.05) is 6.07 Å². The number of ether oxygens (including phenoxy) is 1. The standard InChI is InChI=1S/C11H11NO3.K/c1-15-10-4-2-8(3-5-10)9(7-12)6-11(13)14;/h2-5,9H,6H2,1H3,(H,13,14);/q;+1/p-1/t9-;/m1./s1. The minimum Gasteiger partial charge on any atom is -0.550 e. The van der Waals surface area contributed by atoms with Gasteiger partial charge in [-0.05, 0) is 17.7 Å². The molecule has 0 aliphatic rings. The van der Waals surface area contributed by atoms with Crippen LogP contribution in [0, 0.1) is 11.3 Å². The fourth-order valence-electron chi connectivity index (χ4n) is 1.24. The minimum absolute atomic E-state index is 0. The summed E-state index contributed by atoms with van der Waals surface area (Å²) in [6.07, 6.45) is -0.289. The van der Waals surface area contributed by atoms with Crippen molar-refractivity contribution in [2.24, 2.45) is 0 Å². The number of nitrogens with zero attached hydrogens (tertiary/aromatic N) is 1. The average molecular weight is 243 g/mol. The molecular weight excluding hydrogens is 233 g/mol. The summed E-state index contributed by atoms with van der Waals surface area (Å²) < 4.78 is 4.95. The van der Waals surface area contributed by atoms with Crippen molar-refractivity contribution in [1.82, 2.24) is 0 Å². The second-order valence-electron chi connectivity index (χ2n) is 3.03. The Hall–Kier alpha value is -0.384. The summed E-state index contributed by atoms with van der Waals surface area (Å²) >= 11 is 0. The van der Waals surface area contributed by atoms with E-state index in [0.29, 0.717) is 11.3 Å². The first kappa shape index (κ1) is 15.6. The predicted molar refractivity (Wildman–Crippen MR) is 51.0 cm³/mol. The maximum absolute atomic E-state index is 10.4. The van der Waals surface area contributed by atoms with Crippen LogP contribution in [0.15, 0.2) is 24.3 Å². The number of benzene rings is 1. The first-order valence-electron chi connectivity index (χ1n) is 4.40. The molecule has 0 aromatic heterocycles. The van der Waals surface area contributed by atoms with E-state index < -0.39 is 11.9 Å². The molecule has 5 heteroatoms. The second kappa shape index (κ2) is 7.82. The fourth-order valence-corrected chi connectivity index (χ4v) is 1.24. The third-order valence-corrected chi connectivity index (χ3v) is 2.04. The molecule has 0 radical (unpaired) electrons. The van der Waals surface area contributed by atoms with Gasteiger partial charge in [0.05, 0.1) is 19.1 Å². The quantitative estimate of drug-likeness (QED) is 0.546. The van der Waals surface area contributed by atoms with Crippen LogP contribution in [0.1, 0.15) is 17.9 Å². The summed E-state index contributed by atoms with van der Waals surface area (Å²) in [5.41, 5.74) is 0.655. The third-order valence-electron chi connectivity index (χ3n) is 2.04. The molecule has 0 spiro atoms. The number of carbonyl (C=O) groups is 1.